The van der Waals surface area contributed by atoms with Crippen molar-refractivity contribution in [3.63, 3.8) is 0 Å². The van der Waals surface area contributed by atoms with Crippen LogP contribution in [0.1, 0.15) is 18.9 Å². The van der Waals surface area contributed by atoms with E-state index in [4.69, 9.17) is 4.74 Å². The van der Waals surface area contributed by atoms with Gasteiger partial charge in [-0.1, -0.05) is 22.0 Å². The summed E-state index contributed by atoms with van der Waals surface area (Å²) in [5, 5.41) is 0. The summed E-state index contributed by atoms with van der Waals surface area (Å²) in [6, 6.07) is 3.93. The Morgan fingerprint density at radius 2 is 1.94 bits per heavy atom. The first-order valence-corrected chi connectivity index (χ1v) is 6.21. The third kappa shape index (κ3) is 4.18. The van der Waals surface area contributed by atoms with Gasteiger partial charge in [0.05, 0.1) is 0 Å². The highest BCUT2D eigenvalue weighted by Gasteiger charge is 2.13. The van der Waals surface area contributed by atoms with Crippen LogP contribution in [0.25, 0.3) is 0 Å². The summed E-state index contributed by atoms with van der Waals surface area (Å²) in [6.07, 6.45) is 1.08. The SMILES string of the molecule is CCOCCC(Br)Cc1c(F)cccc1F. The highest BCUT2D eigenvalue weighted by molar-refractivity contribution is 9.09. The second-order valence-electron chi connectivity index (χ2n) is 3.49. The fourth-order valence-corrected chi connectivity index (χ4v) is 1.92. The lowest BCUT2D eigenvalue weighted by Gasteiger charge is -2.11. The third-order valence-corrected chi connectivity index (χ3v) is 3.05. The van der Waals surface area contributed by atoms with Crippen LogP contribution < -0.4 is 0 Å². The molecule has 0 fully saturated rings. The van der Waals surface area contributed by atoms with Crippen molar-refractivity contribution in [2.75, 3.05) is 13.2 Å². The summed E-state index contributed by atoms with van der Waals surface area (Å²) in [5.41, 5.74) is 0.140. The van der Waals surface area contributed by atoms with Crippen molar-refractivity contribution in [3.05, 3.63) is 35.4 Å². The minimum absolute atomic E-state index is 0.0328. The van der Waals surface area contributed by atoms with Crippen LogP contribution in [0.5, 0.6) is 0 Å². The maximum Gasteiger partial charge on any atom is 0.129 e. The second kappa shape index (κ2) is 6.97. The Bertz CT molecular complexity index is 311. The normalized spacial score (nSPS) is 12.8. The van der Waals surface area contributed by atoms with Crippen LogP contribution in [0.4, 0.5) is 8.78 Å². The highest BCUT2D eigenvalue weighted by atomic mass is 79.9. The topological polar surface area (TPSA) is 9.23 Å². The molecule has 1 aromatic carbocycles. The number of benzene rings is 1. The predicted octanol–water partition coefficient (Wildman–Crippen LogP) is 3.70. The molecule has 0 spiro atoms. The van der Waals surface area contributed by atoms with Crippen molar-refractivity contribution >= 4 is 15.9 Å². The molecule has 0 heterocycles. The Balaban J connectivity index is 2.52. The van der Waals surface area contributed by atoms with Crippen molar-refractivity contribution < 1.29 is 13.5 Å². The molecule has 0 radical (unpaired) electrons. The van der Waals surface area contributed by atoms with Crippen LogP contribution in [-0.4, -0.2) is 18.0 Å². The Kier molecular flexibility index (Phi) is 5.91. The van der Waals surface area contributed by atoms with E-state index in [0.717, 1.165) is 6.42 Å². The van der Waals surface area contributed by atoms with Crippen LogP contribution in [0.15, 0.2) is 18.2 Å². The van der Waals surface area contributed by atoms with Gasteiger partial charge in [0.15, 0.2) is 0 Å². The number of hydrogen-bond donors (Lipinski definition) is 0. The van der Waals surface area contributed by atoms with Gasteiger partial charge in [-0.15, -0.1) is 0 Å². The molecule has 0 saturated heterocycles. The minimum Gasteiger partial charge on any atom is -0.382 e. The van der Waals surface area contributed by atoms with Gasteiger partial charge in [0.2, 0.25) is 0 Å². The zero-order chi connectivity index (χ0) is 12.0. The largest absolute Gasteiger partial charge is 0.382 e. The summed E-state index contributed by atoms with van der Waals surface area (Å²) in [5.74, 6) is -0.971. The molecule has 0 aliphatic rings. The zero-order valence-electron chi connectivity index (χ0n) is 9.18. The first-order chi connectivity index (χ1) is 7.65. The minimum atomic E-state index is -0.485. The molecular formula is C12H15BrF2O. The van der Waals surface area contributed by atoms with Crippen LogP contribution in [0.2, 0.25) is 0 Å². The van der Waals surface area contributed by atoms with Gasteiger partial charge in [-0.05, 0) is 31.9 Å². The predicted molar refractivity (Wildman–Crippen MR) is 63.9 cm³/mol. The third-order valence-electron chi connectivity index (χ3n) is 2.27. The number of hydrogen-bond acceptors (Lipinski definition) is 1. The highest BCUT2D eigenvalue weighted by Crippen LogP contribution is 2.19. The number of rotatable bonds is 6. The molecular weight excluding hydrogens is 278 g/mol. The first-order valence-electron chi connectivity index (χ1n) is 5.29. The van der Waals surface area contributed by atoms with Crippen LogP contribution in [0, 0.1) is 11.6 Å². The molecule has 1 atom stereocenters. The second-order valence-corrected chi connectivity index (χ2v) is 4.78. The Morgan fingerprint density at radius 1 is 1.31 bits per heavy atom. The van der Waals surface area contributed by atoms with Crippen molar-refractivity contribution in [1.82, 2.24) is 0 Å². The summed E-state index contributed by atoms with van der Waals surface area (Å²) >= 11 is 3.40. The molecule has 0 amide bonds. The molecule has 4 heteroatoms. The van der Waals surface area contributed by atoms with Crippen molar-refractivity contribution in [1.29, 1.82) is 0 Å². The van der Waals surface area contributed by atoms with Gasteiger partial charge in [0.25, 0.3) is 0 Å². The molecule has 1 rings (SSSR count). The molecule has 0 aromatic heterocycles. The van der Waals surface area contributed by atoms with Gasteiger partial charge in [-0.3, -0.25) is 0 Å². The van der Waals surface area contributed by atoms with E-state index in [0.29, 0.717) is 19.6 Å². The average Bonchev–Trinajstić information content (AvgIpc) is 2.24. The van der Waals surface area contributed by atoms with Gasteiger partial charge < -0.3 is 4.74 Å². The van der Waals surface area contributed by atoms with Gasteiger partial charge >= 0.3 is 0 Å². The standard InChI is InChI=1S/C12H15BrF2O/c1-2-16-7-6-9(13)8-10-11(14)4-3-5-12(10)15/h3-5,9H,2,6-8H2,1H3. The molecule has 1 nitrogen and oxygen atoms in total. The monoisotopic (exact) mass is 292 g/mol. The maximum absolute atomic E-state index is 13.3. The van der Waals surface area contributed by atoms with E-state index in [1.807, 2.05) is 6.92 Å². The lowest BCUT2D eigenvalue weighted by Crippen LogP contribution is -2.10. The molecule has 1 aromatic rings. The maximum atomic E-state index is 13.3. The van der Waals surface area contributed by atoms with Crippen molar-refractivity contribution in [3.8, 4) is 0 Å². The number of halogens is 3. The number of ether oxygens (including phenoxy) is 1. The summed E-state index contributed by atoms with van der Waals surface area (Å²) in [6.45, 7) is 3.18. The Hall–Kier alpha value is -0.480. The van der Waals surface area contributed by atoms with E-state index < -0.39 is 11.6 Å². The van der Waals surface area contributed by atoms with E-state index in [2.05, 4.69) is 15.9 Å². The van der Waals surface area contributed by atoms with Crippen molar-refractivity contribution in [2.45, 2.75) is 24.6 Å². The van der Waals surface area contributed by atoms with Gasteiger partial charge in [0.1, 0.15) is 11.6 Å². The van der Waals surface area contributed by atoms with Gasteiger partial charge in [0, 0.05) is 23.6 Å². The summed E-state index contributed by atoms with van der Waals surface area (Å²) in [4.78, 5) is 0.0328. The molecule has 16 heavy (non-hydrogen) atoms. The van der Waals surface area contributed by atoms with Crippen molar-refractivity contribution in [2.24, 2.45) is 0 Å². The van der Waals surface area contributed by atoms with E-state index in [1.165, 1.54) is 18.2 Å². The lowest BCUT2D eigenvalue weighted by atomic mass is 10.1. The molecule has 0 saturated carbocycles. The van der Waals surface area contributed by atoms with E-state index in [-0.39, 0.29) is 10.4 Å². The van der Waals surface area contributed by atoms with Crippen LogP contribution >= 0.6 is 15.9 Å². The Morgan fingerprint density at radius 3 is 2.50 bits per heavy atom. The molecule has 0 aliphatic heterocycles. The summed E-state index contributed by atoms with van der Waals surface area (Å²) in [7, 11) is 0. The first kappa shape index (κ1) is 13.6. The molecule has 90 valence electrons. The zero-order valence-corrected chi connectivity index (χ0v) is 10.8. The fourth-order valence-electron chi connectivity index (χ4n) is 1.41. The smallest absolute Gasteiger partial charge is 0.129 e. The van der Waals surface area contributed by atoms with Gasteiger partial charge in [-0.25, -0.2) is 8.78 Å². The number of alkyl halides is 1. The summed E-state index contributed by atoms with van der Waals surface area (Å²) < 4.78 is 31.8. The molecule has 0 aliphatic carbocycles. The Labute approximate surface area is 103 Å². The van der Waals surface area contributed by atoms with Gasteiger partial charge in [-0.2, -0.15) is 0 Å². The van der Waals surface area contributed by atoms with Crippen LogP contribution in [-0.2, 0) is 11.2 Å². The molecule has 0 N–H and O–H groups in total. The quantitative estimate of drug-likeness (QED) is 0.574. The van der Waals surface area contributed by atoms with E-state index in [9.17, 15) is 8.78 Å². The fraction of sp³-hybridized carbons (Fsp3) is 0.500. The molecule has 1 unspecified atom stereocenters. The lowest BCUT2D eigenvalue weighted by molar-refractivity contribution is 0.145. The molecule has 0 bridgehead atoms. The van der Waals surface area contributed by atoms with Crippen LogP contribution in [0.3, 0.4) is 0 Å². The average molecular weight is 293 g/mol. The van der Waals surface area contributed by atoms with E-state index >= 15 is 0 Å². The van der Waals surface area contributed by atoms with E-state index in [1.54, 1.807) is 0 Å².